The van der Waals surface area contributed by atoms with Crippen LogP contribution in [0.25, 0.3) is 11.1 Å². The zero-order chi connectivity index (χ0) is 24.0. The molecule has 0 fully saturated rings. The molecule has 0 unspecified atom stereocenters. The predicted octanol–water partition coefficient (Wildman–Crippen LogP) is 6.82. The van der Waals surface area contributed by atoms with E-state index < -0.39 is 5.60 Å². The van der Waals surface area contributed by atoms with Crippen molar-refractivity contribution in [1.29, 1.82) is 0 Å². The van der Waals surface area contributed by atoms with Crippen molar-refractivity contribution in [3.05, 3.63) is 81.2 Å². The largest absolute Gasteiger partial charge is 0.456 e. The van der Waals surface area contributed by atoms with E-state index in [1.54, 1.807) is 6.07 Å². The first-order valence-electron chi connectivity index (χ1n) is 11.2. The van der Waals surface area contributed by atoms with Crippen LogP contribution < -0.4 is 0 Å². The summed E-state index contributed by atoms with van der Waals surface area (Å²) < 4.78 is 7.57. The van der Waals surface area contributed by atoms with Crippen LogP contribution in [0.3, 0.4) is 0 Å². The third kappa shape index (κ3) is 6.29. The lowest BCUT2D eigenvalue weighted by Gasteiger charge is -2.20. The molecule has 0 saturated heterocycles. The van der Waals surface area contributed by atoms with Crippen molar-refractivity contribution in [3.63, 3.8) is 0 Å². The number of benzene rings is 2. The number of ether oxygens (including phenoxy) is 1. The number of nitroso groups, excluding NO2 is 1. The minimum atomic E-state index is -0.566. The van der Waals surface area contributed by atoms with Gasteiger partial charge in [0.2, 0.25) is 0 Å². The molecule has 0 N–H and O–H groups in total. The summed E-state index contributed by atoms with van der Waals surface area (Å²) in [5.74, 6) is 0.515. The number of hydrogen-bond donors (Lipinski definition) is 0. The van der Waals surface area contributed by atoms with E-state index in [1.165, 1.54) is 0 Å². The van der Waals surface area contributed by atoms with Crippen molar-refractivity contribution in [1.82, 2.24) is 9.55 Å². The van der Waals surface area contributed by atoms with Gasteiger partial charge in [0.25, 0.3) is 0 Å². The zero-order valence-electron chi connectivity index (χ0n) is 19.6. The topological polar surface area (TPSA) is 73.5 Å². The van der Waals surface area contributed by atoms with Crippen LogP contribution >= 0.6 is 11.6 Å². The van der Waals surface area contributed by atoms with Crippen molar-refractivity contribution >= 4 is 17.6 Å². The summed E-state index contributed by atoms with van der Waals surface area (Å²) in [4.78, 5) is 28.1. The fraction of sp³-hybridized carbons (Fsp3) is 0.385. The van der Waals surface area contributed by atoms with Crippen LogP contribution in [0, 0.1) is 4.91 Å². The van der Waals surface area contributed by atoms with E-state index in [-0.39, 0.29) is 12.5 Å². The van der Waals surface area contributed by atoms with Crippen molar-refractivity contribution in [2.75, 3.05) is 0 Å². The highest BCUT2D eigenvalue weighted by atomic mass is 35.5. The summed E-state index contributed by atoms with van der Waals surface area (Å²) >= 11 is 6.30. The van der Waals surface area contributed by atoms with Gasteiger partial charge in [-0.05, 0) is 49.9 Å². The van der Waals surface area contributed by atoms with E-state index in [9.17, 15) is 9.70 Å². The lowest BCUT2D eigenvalue weighted by atomic mass is 9.98. The number of halogens is 1. The summed E-state index contributed by atoms with van der Waals surface area (Å²) in [6.07, 6.45) is 2.82. The maximum Gasteiger partial charge on any atom is 0.339 e. The lowest BCUT2D eigenvalue weighted by molar-refractivity contribution is 0.00704. The molecule has 1 aromatic heterocycles. The highest BCUT2D eigenvalue weighted by Crippen LogP contribution is 2.27. The number of rotatable bonds is 9. The highest BCUT2D eigenvalue weighted by Gasteiger charge is 2.21. The Kier molecular flexibility index (Phi) is 8.03. The molecular weight excluding hydrogens is 438 g/mol. The Morgan fingerprint density at radius 1 is 1.12 bits per heavy atom. The maximum absolute atomic E-state index is 12.7. The van der Waals surface area contributed by atoms with Crippen molar-refractivity contribution in [2.24, 2.45) is 5.18 Å². The highest BCUT2D eigenvalue weighted by molar-refractivity contribution is 6.30. The number of carbonyl (C=O) groups is 1. The molecule has 0 aliphatic carbocycles. The van der Waals surface area contributed by atoms with Gasteiger partial charge in [-0.15, -0.1) is 0 Å². The Balaban J connectivity index is 1.88. The molecular formula is C26H30ClN3O3. The number of aryl methyl sites for hydroxylation is 1. The minimum Gasteiger partial charge on any atom is -0.456 e. The molecule has 0 radical (unpaired) electrons. The third-order valence-electron chi connectivity index (χ3n) is 5.22. The quantitative estimate of drug-likeness (QED) is 0.255. The van der Waals surface area contributed by atoms with Crippen LogP contribution in [0.15, 0.2) is 53.7 Å². The molecule has 7 heteroatoms. The van der Waals surface area contributed by atoms with Gasteiger partial charge in [0.15, 0.2) is 5.15 Å². The summed E-state index contributed by atoms with van der Waals surface area (Å²) in [5.41, 5.74) is 3.37. The standard InChI is InChI=1S/C26H30ClN3O3/c1-5-6-11-23-29-24(27)22(16-28-32)30(23)17-18-12-14-19(15-13-18)20-9-7-8-10-21(20)25(31)33-26(2,3)4/h7-10,12-15H,5-6,11,16-17H2,1-4H3. The fourth-order valence-corrected chi connectivity index (χ4v) is 3.91. The smallest absolute Gasteiger partial charge is 0.339 e. The van der Waals surface area contributed by atoms with Crippen LogP contribution in [0.5, 0.6) is 0 Å². The van der Waals surface area contributed by atoms with Gasteiger partial charge in [-0.25, -0.2) is 9.78 Å². The van der Waals surface area contributed by atoms with Gasteiger partial charge in [-0.3, -0.25) is 0 Å². The van der Waals surface area contributed by atoms with Crippen LogP contribution in [0.1, 0.15) is 68.0 Å². The summed E-state index contributed by atoms with van der Waals surface area (Å²) in [6, 6.07) is 15.4. The van der Waals surface area contributed by atoms with Gasteiger partial charge in [0, 0.05) is 13.0 Å². The lowest BCUT2D eigenvalue weighted by Crippen LogP contribution is -2.24. The number of unbranched alkanes of at least 4 members (excludes halogenated alkanes) is 1. The van der Waals surface area contributed by atoms with E-state index in [2.05, 4.69) is 17.1 Å². The van der Waals surface area contributed by atoms with Crippen molar-refractivity contribution in [3.8, 4) is 11.1 Å². The van der Waals surface area contributed by atoms with Gasteiger partial charge in [-0.1, -0.05) is 72.6 Å². The molecule has 0 saturated carbocycles. The average Bonchev–Trinajstić information content (AvgIpc) is 3.06. The number of nitrogens with zero attached hydrogens (tertiary/aromatic N) is 3. The average molecular weight is 468 g/mol. The number of aromatic nitrogens is 2. The molecule has 174 valence electrons. The van der Waals surface area contributed by atoms with E-state index >= 15 is 0 Å². The predicted molar refractivity (Wildman–Crippen MR) is 131 cm³/mol. The summed E-state index contributed by atoms with van der Waals surface area (Å²) in [6.45, 7) is 8.21. The number of carbonyl (C=O) groups excluding carboxylic acids is 1. The molecule has 0 aliphatic rings. The Hall–Kier alpha value is -2.99. The first kappa shape index (κ1) is 24.6. The van der Waals surface area contributed by atoms with E-state index in [0.29, 0.717) is 23.0 Å². The molecule has 0 amide bonds. The normalized spacial score (nSPS) is 11.4. The zero-order valence-corrected chi connectivity index (χ0v) is 20.4. The van der Waals surface area contributed by atoms with Gasteiger partial charge in [0.1, 0.15) is 18.0 Å². The second-order valence-corrected chi connectivity index (χ2v) is 9.34. The summed E-state index contributed by atoms with van der Waals surface area (Å²) in [7, 11) is 0. The Morgan fingerprint density at radius 2 is 1.82 bits per heavy atom. The van der Waals surface area contributed by atoms with Gasteiger partial charge < -0.3 is 9.30 Å². The fourth-order valence-electron chi connectivity index (χ4n) is 3.65. The van der Waals surface area contributed by atoms with Gasteiger partial charge >= 0.3 is 5.97 Å². The molecule has 6 nitrogen and oxygen atoms in total. The van der Waals surface area contributed by atoms with Gasteiger partial charge in [0.05, 0.1) is 11.3 Å². The van der Waals surface area contributed by atoms with E-state index in [0.717, 1.165) is 41.8 Å². The van der Waals surface area contributed by atoms with Crippen LogP contribution in [-0.2, 0) is 24.2 Å². The first-order valence-corrected chi connectivity index (χ1v) is 11.6. The molecule has 0 bridgehead atoms. The number of hydrogen-bond acceptors (Lipinski definition) is 5. The van der Waals surface area contributed by atoms with E-state index in [4.69, 9.17) is 16.3 Å². The second-order valence-electron chi connectivity index (χ2n) is 8.99. The molecule has 0 atom stereocenters. The SMILES string of the molecule is CCCCc1nc(Cl)c(CN=O)n1Cc1ccc(-c2ccccc2C(=O)OC(C)(C)C)cc1. The number of imidazole rings is 1. The second kappa shape index (κ2) is 10.8. The molecule has 2 aromatic carbocycles. The monoisotopic (exact) mass is 467 g/mol. The Bertz CT molecular complexity index is 1110. The number of esters is 1. The minimum absolute atomic E-state index is 0.0146. The molecule has 3 aromatic rings. The Morgan fingerprint density at radius 3 is 2.45 bits per heavy atom. The Labute approximate surface area is 199 Å². The molecule has 1 heterocycles. The van der Waals surface area contributed by atoms with Gasteiger partial charge in [-0.2, -0.15) is 4.91 Å². The third-order valence-corrected chi connectivity index (χ3v) is 5.53. The summed E-state index contributed by atoms with van der Waals surface area (Å²) in [5, 5.41) is 3.37. The molecule has 0 spiro atoms. The van der Waals surface area contributed by atoms with Crippen LogP contribution in [-0.4, -0.2) is 21.1 Å². The first-order chi connectivity index (χ1) is 15.7. The van der Waals surface area contributed by atoms with Crippen molar-refractivity contribution in [2.45, 2.75) is 65.6 Å². The van der Waals surface area contributed by atoms with Crippen LogP contribution in [0.2, 0.25) is 5.15 Å². The van der Waals surface area contributed by atoms with Crippen molar-refractivity contribution < 1.29 is 9.53 Å². The molecule has 3 rings (SSSR count). The van der Waals surface area contributed by atoms with E-state index in [1.807, 2.05) is 67.8 Å². The molecule has 0 aliphatic heterocycles. The maximum atomic E-state index is 12.7. The molecule has 33 heavy (non-hydrogen) atoms. The van der Waals surface area contributed by atoms with Crippen LogP contribution in [0.4, 0.5) is 0 Å².